The van der Waals surface area contributed by atoms with E-state index in [-0.39, 0.29) is 0 Å². The molecule has 2 atom stereocenters. The van der Waals surface area contributed by atoms with E-state index in [1.165, 1.54) is 82.1 Å². The van der Waals surface area contributed by atoms with Crippen molar-refractivity contribution in [2.75, 3.05) is 0 Å². The topological polar surface area (TPSA) is 0 Å². The second-order valence-corrected chi connectivity index (χ2v) is 13.9. The van der Waals surface area contributed by atoms with Crippen LogP contribution in [0.25, 0.3) is 32.7 Å². The Bertz CT molecular complexity index is 1300. The fraction of sp³-hybridized carbons (Fsp3) is 0.556. The van der Waals surface area contributed by atoms with Crippen LogP contribution in [-0.4, -0.2) is 0 Å². The third-order valence-corrected chi connectivity index (χ3v) is 11.6. The molecular weight excluding hydrogens is 686 g/mol. The Morgan fingerprint density at radius 3 is 1.13 bits per heavy atom. The maximum atomic E-state index is 2.70. The molecule has 3 aromatic rings. The first kappa shape index (κ1) is 30.3. The number of aryl methyl sites for hydroxylation is 2. The van der Waals surface area contributed by atoms with Crippen molar-refractivity contribution in [1.82, 2.24) is 0 Å². The first-order valence-electron chi connectivity index (χ1n) is 15.6. The molecule has 0 spiro atoms. The van der Waals surface area contributed by atoms with Gasteiger partial charge in [-0.05, 0) is 163 Å². The minimum Gasteiger partial charge on any atom is -0.0654 e. The quantitative estimate of drug-likeness (QED) is 0.128. The largest absolute Gasteiger partial charge is 0.0654 e. The smallest absolute Gasteiger partial charge is 0.0270 e. The Morgan fingerprint density at radius 1 is 0.474 bits per heavy atom. The van der Waals surface area contributed by atoms with Crippen LogP contribution in [0.4, 0.5) is 0 Å². The van der Waals surface area contributed by atoms with Gasteiger partial charge in [0.1, 0.15) is 0 Å². The molecule has 2 heteroatoms. The van der Waals surface area contributed by atoms with Crippen LogP contribution in [0.5, 0.6) is 0 Å². The SMILES string of the molecule is CCCC1=c2cc3c(CCC)c4cc(I)c(I)cc4c(CCC)c3cc2=C(CCC)C(CCC)C1CCC. The van der Waals surface area contributed by atoms with Gasteiger partial charge < -0.3 is 0 Å². The highest BCUT2D eigenvalue weighted by molar-refractivity contribution is 14.1. The molecule has 0 saturated heterocycles. The molecule has 0 fully saturated rings. The maximum absolute atomic E-state index is 2.70. The number of rotatable bonds is 12. The van der Waals surface area contributed by atoms with Gasteiger partial charge in [-0.15, -0.1) is 0 Å². The molecule has 4 rings (SSSR count). The van der Waals surface area contributed by atoms with Crippen LogP contribution in [0.15, 0.2) is 24.3 Å². The fourth-order valence-electron chi connectivity index (χ4n) is 7.44. The fourth-order valence-corrected chi connectivity index (χ4v) is 8.38. The van der Waals surface area contributed by atoms with Crippen LogP contribution in [-0.2, 0) is 12.8 Å². The van der Waals surface area contributed by atoms with E-state index in [0.717, 1.165) is 24.7 Å². The van der Waals surface area contributed by atoms with Crippen LogP contribution >= 0.6 is 45.2 Å². The van der Waals surface area contributed by atoms with Gasteiger partial charge in [-0.1, -0.05) is 91.2 Å². The van der Waals surface area contributed by atoms with Crippen LogP contribution in [0.2, 0.25) is 0 Å². The molecule has 38 heavy (non-hydrogen) atoms. The number of hydrogen-bond acceptors (Lipinski definition) is 0. The summed E-state index contributed by atoms with van der Waals surface area (Å²) in [6, 6.07) is 10.4. The van der Waals surface area contributed by atoms with Gasteiger partial charge in [0.05, 0.1) is 0 Å². The Balaban J connectivity index is 2.28. The van der Waals surface area contributed by atoms with E-state index in [4.69, 9.17) is 0 Å². The van der Waals surface area contributed by atoms with E-state index in [9.17, 15) is 0 Å². The number of halogens is 2. The predicted octanol–water partition coefficient (Wildman–Crippen LogP) is 10.9. The summed E-state index contributed by atoms with van der Waals surface area (Å²) in [6.07, 6.45) is 14.9. The first-order chi connectivity index (χ1) is 18.4. The Labute approximate surface area is 259 Å². The van der Waals surface area contributed by atoms with Crippen molar-refractivity contribution in [3.05, 3.63) is 53.0 Å². The first-order valence-corrected chi connectivity index (χ1v) is 17.7. The van der Waals surface area contributed by atoms with Crippen molar-refractivity contribution in [3.8, 4) is 0 Å². The highest BCUT2D eigenvalue weighted by atomic mass is 127. The molecule has 0 N–H and O–H groups in total. The van der Waals surface area contributed by atoms with Crippen LogP contribution in [0, 0.1) is 19.0 Å². The zero-order valence-electron chi connectivity index (χ0n) is 24.7. The van der Waals surface area contributed by atoms with Gasteiger partial charge in [0, 0.05) is 7.14 Å². The molecule has 2 unspecified atom stereocenters. The molecule has 0 nitrogen and oxygen atoms in total. The molecule has 0 aliphatic heterocycles. The molecule has 1 aliphatic carbocycles. The van der Waals surface area contributed by atoms with Gasteiger partial charge in [0.25, 0.3) is 0 Å². The van der Waals surface area contributed by atoms with Crippen molar-refractivity contribution < 1.29 is 0 Å². The average Bonchev–Trinajstić information content (AvgIpc) is 2.90. The lowest BCUT2D eigenvalue weighted by atomic mass is 9.69. The number of benzene rings is 3. The second kappa shape index (κ2) is 13.8. The lowest BCUT2D eigenvalue weighted by molar-refractivity contribution is 0.412. The van der Waals surface area contributed by atoms with Crippen LogP contribution in [0.1, 0.15) is 117 Å². The van der Waals surface area contributed by atoms with E-state index in [1.807, 2.05) is 0 Å². The van der Waals surface area contributed by atoms with E-state index in [1.54, 1.807) is 43.5 Å². The molecule has 0 aromatic heterocycles. The molecule has 0 bridgehead atoms. The zero-order valence-corrected chi connectivity index (χ0v) is 29.0. The van der Waals surface area contributed by atoms with Crippen molar-refractivity contribution in [2.45, 2.75) is 119 Å². The molecule has 0 amide bonds. The second-order valence-electron chi connectivity index (χ2n) is 11.6. The summed E-state index contributed by atoms with van der Waals surface area (Å²) in [4.78, 5) is 0. The Morgan fingerprint density at radius 2 is 0.816 bits per heavy atom. The summed E-state index contributed by atoms with van der Waals surface area (Å²) >= 11 is 5.08. The average molecular weight is 735 g/mol. The monoisotopic (exact) mass is 734 g/mol. The zero-order chi connectivity index (χ0) is 27.4. The predicted molar refractivity (Wildman–Crippen MR) is 188 cm³/mol. The van der Waals surface area contributed by atoms with E-state index in [0.29, 0.717) is 0 Å². The van der Waals surface area contributed by atoms with Crippen molar-refractivity contribution in [1.29, 1.82) is 0 Å². The third kappa shape index (κ3) is 5.74. The summed E-state index contributed by atoms with van der Waals surface area (Å²) in [6.45, 7) is 14.3. The van der Waals surface area contributed by atoms with Gasteiger partial charge in [0.2, 0.25) is 0 Å². The highest BCUT2D eigenvalue weighted by Gasteiger charge is 2.31. The summed E-state index contributed by atoms with van der Waals surface area (Å²) in [5.41, 5.74) is 6.73. The Kier molecular flexibility index (Phi) is 11.0. The summed E-state index contributed by atoms with van der Waals surface area (Å²) in [5, 5.41) is 9.35. The molecule has 0 saturated carbocycles. The molecule has 206 valence electrons. The van der Waals surface area contributed by atoms with Crippen LogP contribution in [0.3, 0.4) is 0 Å². The standard InChI is InChI=1S/C36H48I2/c1-7-13-23-24(14-8-2)26(16-10-4)30-20-32-28(18-12-6)34-22-36(38)35(37)21-33(34)27(17-11-5)31(32)19-29(30)25(23)15-9-3/h19-24H,7-18H2,1-6H3. The van der Waals surface area contributed by atoms with Gasteiger partial charge in [-0.25, -0.2) is 0 Å². The summed E-state index contributed by atoms with van der Waals surface area (Å²) in [5.74, 6) is 1.44. The summed E-state index contributed by atoms with van der Waals surface area (Å²) in [7, 11) is 0. The van der Waals surface area contributed by atoms with Gasteiger partial charge in [-0.2, -0.15) is 0 Å². The van der Waals surface area contributed by atoms with E-state index in [2.05, 4.69) is 111 Å². The van der Waals surface area contributed by atoms with Gasteiger partial charge >= 0.3 is 0 Å². The Hall–Kier alpha value is -0.620. The number of hydrogen-bond donors (Lipinski definition) is 0. The minimum atomic E-state index is 0.721. The highest BCUT2D eigenvalue weighted by Crippen LogP contribution is 2.41. The van der Waals surface area contributed by atoms with E-state index >= 15 is 0 Å². The van der Waals surface area contributed by atoms with Gasteiger partial charge in [-0.3, -0.25) is 0 Å². The summed E-state index contributed by atoms with van der Waals surface area (Å²) < 4.78 is 2.77. The lowest BCUT2D eigenvalue weighted by Crippen LogP contribution is -2.40. The molecule has 1 aliphatic rings. The lowest BCUT2D eigenvalue weighted by Gasteiger charge is -2.35. The molecule has 3 aromatic carbocycles. The van der Waals surface area contributed by atoms with Crippen molar-refractivity contribution in [3.63, 3.8) is 0 Å². The maximum Gasteiger partial charge on any atom is 0.0270 e. The van der Waals surface area contributed by atoms with Gasteiger partial charge in [0.15, 0.2) is 0 Å². The van der Waals surface area contributed by atoms with Crippen molar-refractivity contribution in [2.24, 2.45) is 11.8 Å². The molecular formula is C36H48I2. The molecule has 0 heterocycles. The third-order valence-electron chi connectivity index (χ3n) is 8.83. The minimum absolute atomic E-state index is 0.721. The van der Waals surface area contributed by atoms with E-state index < -0.39 is 0 Å². The van der Waals surface area contributed by atoms with Crippen molar-refractivity contribution >= 4 is 77.9 Å². The normalized spacial score (nSPS) is 17.6. The molecule has 0 radical (unpaired) electrons. The van der Waals surface area contributed by atoms with Crippen LogP contribution < -0.4 is 10.4 Å². The number of fused-ring (bicyclic) bond motifs is 3.